The van der Waals surface area contributed by atoms with Crippen molar-refractivity contribution in [2.75, 3.05) is 0 Å². The molecule has 0 aliphatic carbocycles. The van der Waals surface area contributed by atoms with E-state index in [1.54, 1.807) is 31.2 Å². The number of hydrogen-bond acceptors (Lipinski definition) is 2. The Hall–Kier alpha value is -1.28. The lowest BCUT2D eigenvalue weighted by molar-refractivity contribution is 0.103. The average molecular weight is 197 g/mol. The summed E-state index contributed by atoms with van der Waals surface area (Å²) in [6.07, 6.45) is 0.803. The normalized spacial score (nSPS) is 11.4. The number of Topliss-reactive ketones (excluding diaryl/α,β-unsaturated/α-hetero) is 1. The number of carbonyl (C=O) groups is 1. The van der Waals surface area contributed by atoms with Crippen molar-refractivity contribution >= 4 is 17.4 Å². The lowest BCUT2D eigenvalue weighted by atomic mass is 10.1. The number of hydrogen-bond donors (Lipinski definition) is 1. The highest BCUT2D eigenvalue weighted by Crippen LogP contribution is 2.12. The van der Waals surface area contributed by atoms with Gasteiger partial charge in [-0.15, -0.1) is 0 Å². The zero-order chi connectivity index (χ0) is 9.84. The molecule has 0 aromatic heterocycles. The Balaban J connectivity index is 2.97. The van der Waals surface area contributed by atoms with Gasteiger partial charge in [0.15, 0.2) is 5.78 Å². The minimum Gasteiger partial charge on any atom is -0.515 e. The first kappa shape index (κ1) is 9.81. The van der Waals surface area contributed by atoms with E-state index in [2.05, 4.69) is 0 Å². The number of aliphatic hydroxyl groups excluding tert-OH is 1. The van der Waals surface area contributed by atoms with Gasteiger partial charge in [-0.2, -0.15) is 0 Å². The maximum absolute atomic E-state index is 11.4. The molecule has 0 saturated heterocycles. The fourth-order valence-corrected chi connectivity index (χ4v) is 1.01. The van der Waals surface area contributed by atoms with Crippen LogP contribution in [0.2, 0.25) is 5.02 Å². The number of halogens is 1. The Morgan fingerprint density at radius 1 is 1.38 bits per heavy atom. The van der Waals surface area contributed by atoms with Crippen molar-refractivity contribution in [3.05, 3.63) is 46.7 Å². The predicted molar refractivity (Wildman–Crippen MR) is 52.2 cm³/mol. The van der Waals surface area contributed by atoms with E-state index >= 15 is 0 Å². The molecule has 0 spiro atoms. The molecule has 3 heteroatoms. The fourth-order valence-electron chi connectivity index (χ4n) is 0.888. The first-order valence-electron chi connectivity index (χ1n) is 3.76. The van der Waals surface area contributed by atoms with Crippen LogP contribution < -0.4 is 0 Å². The van der Waals surface area contributed by atoms with Crippen LogP contribution in [-0.2, 0) is 0 Å². The van der Waals surface area contributed by atoms with Crippen molar-refractivity contribution in [1.29, 1.82) is 0 Å². The molecule has 1 rings (SSSR count). The van der Waals surface area contributed by atoms with Gasteiger partial charge < -0.3 is 5.11 Å². The lowest BCUT2D eigenvalue weighted by Crippen LogP contribution is -1.99. The summed E-state index contributed by atoms with van der Waals surface area (Å²) in [6.45, 7) is 1.55. The third-order valence-corrected chi connectivity index (χ3v) is 1.91. The van der Waals surface area contributed by atoms with Crippen LogP contribution in [-0.4, -0.2) is 10.9 Å². The number of carbonyl (C=O) groups excluding carboxylic acids is 1. The number of benzene rings is 1. The highest BCUT2D eigenvalue weighted by Gasteiger charge is 2.06. The molecule has 0 unspecified atom stereocenters. The maximum Gasteiger partial charge on any atom is 0.191 e. The van der Waals surface area contributed by atoms with E-state index in [0.717, 1.165) is 6.26 Å². The molecule has 0 bridgehead atoms. The highest BCUT2D eigenvalue weighted by atomic mass is 35.5. The number of rotatable bonds is 2. The second-order valence-electron chi connectivity index (χ2n) is 2.65. The van der Waals surface area contributed by atoms with Crippen LogP contribution in [0.5, 0.6) is 0 Å². The molecule has 1 aromatic rings. The topological polar surface area (TPSA) is 37.3 Å². The Morgan fingerprint density at radius 3 is 2.38 bits per heavy atom. The summed E-state index contributed by atoms with van der Waals surface area (Å²) in [7, 11) is 0. The molecule has 1 N–H and O–H groups in total. The van der Waals surface area contributed by atoms with Gasteiger partial charge in [-0.25, -0.2) is 0 Å². The highest BCUT2D eigenvalue weighted by molar-refractivity contribution is 6.30. The van der Waals surface area contributed by atoms with Gasteiger partial charge in [-0.3, -0.25) is 4.79 Å². The van der Waals surface area contributed by atoms with Gasteiger partial charge in [0.05, 0.1) is 6.26 Å². The van der Waals surface area contributed by atoms with E-state index in [1.807, 2.05) is 0 Å². The Morgan fingerprint density at radius 2 is 1.92 bits per heavy atom. The molecule has 0 amide bonds. The summed E-state index contributed by atoms with van der Waals surface area (Å²) in [5.41, 5.74) is 0.828. The van der Waals surface area contributed by atoms with Gasteiger partial charge in [0.25, 0.3) is 0 Å². The van der Waals surface area contributed by atoms with Crippen LogP contribution in [0.4, 0.5) is 0 Å². The maximum atomic E-state index is 11.4. The molecule has 68 valence electrons. The predicted octanol–water partition coefficient (Wildman–Crippen LogP) is 2.98. The van der Waals surface area contributed by atoms with Gasteiger partial charge in [0.2, 0.25) is 0 Å². The Labute approximate surface area is 81.5 Å². The van der Waals surface area contributed by atoms with Gasteiger partial charge in [-0.05, 0) is 31.2 Å². The van der Waals surface area contributed by atoms with E-state index in [9.17, 15) is 4.79 Å². The molecule has 0 saturated carbocycles. The minimum atomic E-state index is -0.195. The summed E-state index contributed by atoms with van der Waals surface area (Å²) in [5.74, 6) is -0.195. The molecule has 13 heavy (non-hydrogen) atoms. The smallest absolute Gasteiger partial charge is 0.191 e. The van der Waals surface area contributed by atoms with E-state index in [1.165, 1.54) is 0 Å². The first-order valence-corrected chi connectivity index (χ1v) is 4.14. The minimum absolute atomic E-state index is 0.195. The van der Waals surface area contributed by atoms with Crippen molar-refractivity contribution in [2.45, 2.75) is 6.92 Å². The van der Waals surface area contributed by atoms with E-state index < -0.39 is 0 Å². The van der Waals surface area contributed by atoms with E-state index in [4.69, 9.17) is 16.7 Å². The monoisotopic (exact) mass is 196 g/mol. The van der Waals surface area contributed by atoms with Crippen LogP contribution in [0.25, 0.3) is 0 Å². The van der Waals surface area contributed by atoms with Crippen molar-refractivity contribution in [3.8, 4) is 0 Å². The molecule has 0 atom stereocenters. The van der Waals surface area contributed by atoms with E-state index in [0.29, 0.717) is 16.2 Å². The summed E-state index contributed by atoms with van der Waals surface area (Å²) in [5, 5.41) is 9.20. The van der Waals surface area contributed by atoms with Crippen molar-refractivity contribution in [1.82, 2.24) is 0 Å². The quantitative estimate of drug-likeness (QED) is 0.449. The van der Waals surface area contributed by atoms with Crippen molar-refractivity contribution in [2.24, 2.45) is 0 Å². The zero-order valence-electron chi connectivity index (χ0n) is 7.12. The number of ketones is 1. The van der Waals surface area contributed by atoms with Crippen LogP contribution in [0.1, 0.15) is 17.3 Å². The van der Waals surface area contributed by atoms with Gasteiger partial charge in [0, 0.05) is 16.2 Å². The lowest BCUT2D eigenvalue weighted by Gasteiger charge is -1.99. The number of allylic oxidation sites excluding steroid dienone is 1. The largest absolute Gasteiger partial charge is 0.515 e. The Bertz CT molecular complexity index is 338. The summed E-state index contributed by atoms with van der Waals surface area (Å²) in [4.78, 5) is 11.4. The molecule has 0 aliphatic heterocycles. The number of aliphatic hydroxyl groups is 1. The van der Waals surface area contributed by atoms with Crippen molar-refractivity contribution < 1.29 is 9.90 Å². The first-order chi connectivity index (χ1) is 6.15. The standard InChI is InChI=1S/C10H9ClO2/c1-7(6-12)10(13)8-2-4-9(11)5-3-8/h2-6,12H,1H3. The van der Waals surface area contributed by atoms with Gasteiger partial charge in [0.1, 0.15) is 0 Å². The Kier molecular flexibility index (Phi) is 3.09. The second-order valence-corrected chi connectivity index (χ2v) is 3.08. The van der Waals surface area contributed by atoms with Gasteiger partial charge in [-0.1, -0.05) is 11.6 Å². The molecular weight excluding hydrogens is 188 g/mol. The molecule has 2 nitrogen and oxygen atoms in total. The molecule has 0 heterocycles. The second kappa shape index (κ2) is 4.10. The molecule has 0 radical (unpaired) electrons. The fraction of sp³-hybridized carbons (Fsp3) is 0.100. The van der Waals surface area contributed by atoms with E-state index in [-0.39, 0.29) is 5.78 Å². The van der Waals surface area contributed by atoms with Crippen LogP contribution in [0.3, 0.4) is 0 Å². The van der Waals surface area contributed by atoms with Crippen LogP contribution in [0, 0.1) is 0 Å². The van der Waals surface area contributed by atoms with Gasteiger partial charge >= 0.3 is 0 Å². The molecular formula is C10H9ClO2. The average Bonchev–Trinajstić information content (AvgIpc) is 2.17. The van der Waals surface area contributed by atoms with Crippen molar-refractivity contribution in [3.63, 3.8) is 0 Å². The summed E-state index contributed by atoms with van der Waals surface area (Å²) >= 11 is 5.65. The molecule has 1 aromatic carbocycles. The third-order valence-electron chi connectivity index (χ3n) is 1.66. The van der Waals surface area contributed by atoms with Crippen LogP contribution in [0.15, 0.2) is 36.1 Å². The molecule has 0 aliphatic rings. The molecule has 0 fully saturated rings. The third kappa shape index (κ3) is 2.33. The summed E-state index contributed by atoms with van der Waals surface area (Å²) < 4.78 is 0. The SMILES string of the molecule is CC(=CO)C(=O)c1ccc(Cl)cc1. The zero-order valence-corrected chi connectivity index (χ0v) is 7.88. The van der Waals surface area contributed by atoms with Crippen LogP contribution >= 0.6 is 11.6 Å². The summed E-state index contributed by atoms with van der Waals surface area (Å²) in [6, 6.07) is 6.52.